The van der Waals surface area contributed by atoms with Crippen molar-refractivity contribution >= 4 is 94.3 Å². The first-order valence-corrected chi connectivity index (χ1v) is 25.9. The summed E-state index contributed by atoms with van der Waals surface area (Å²) in [5.74, 6) is -2.93. The van der Waals surface area contributed by atoms with Crippen LogP contribution in [-0.4, -0.2) is 31.5 Å². The van der Waals surface area contributed by atoms with Crippen molar-refractivity contribution in [3.63, 3.8) is 0 Å². The Labute approximate surface area is 400 Å². The molecular formula is C46H38F8N4O6S5. The van der Waals surface area contributed by atoms with Crippen LogP contribution in [0.3, 0.4) is 0 Å². The molecule has 0 amide bonds. The summed E-state index contributed by atoms with van der Waals surface area (Å²) in [5, 5.41) is 1.17. The number of nitrogens with two attached hydrogens (primary N) is 1. The molecule has 8 aromatic rings. The third-order valence-electron chi connectivity index (χ3n) is 9.92. The van der Waals surface area contributed by atoms with Crippen LogP contribution in [0.4, 0.5) is 56.5 Å². The molecule has 0 spiro atoms. The van der Waals surface area contributed by atoms with Gasteiger partial charge in [-0.15, -0.1) is 22.7 Å². The Balaban J connectivity index is 0.000000225. The Kier molecular flexibility index (Phi) is 15.1. The van der Waals surface area contributed by atoms with Crippen LogP contribution in [0, 0.1) is 11.6 Å². The number of fused-ring (bicyclic) bond motifs is 2. The number of anilines is 4. The minimum atomic E-state index is -5.00. The van der Waals surface area contributed by atoms with Crippen molar-refractivity contribution in [3.05, 3.63) is 179 Å². The molecule has 8 rings (SSSR count). The number of halogens is 8. The van der Waals surface area contributed by atoms with Crippen molar-refractivity contribution in [1.82, 2.24) is 0 Å². The molecule has 3 N–H and O–H groups in total. The Morgan fingerprint density at radius 3 is 1.33 bits per heavy atom. The summed E-state index contributed by atoms with van der Waals surface area (Å²) in [6.07, 6.45) is -9.02. The lowest BCUT2D eigenvalue weighted by atomic mass is 10.1. The van der Waals surface area contributed by atoms with E-state index in [2.05, 4.69) is 4.72 Å². The van der Waals surface area contributed by atoms with Crippen LogP contribution in [0.5, 0.6) is 0 Å². The number of sulfonamides is 3. The van der Waals surface area contributed by atoms with Crippen molar-refractivity contribution in [1.29, 1.82) is 0 Å². The number of benzene rings is 6. The Morgan fingerprint density at radius 1 is 0.536 bits per heavy atom. The molecule has 0 aliphatic rings. The zero-order valence-corrected chi connectivity index (χ0v) is 38.8. The number of nitrogens with zero attached hydrogens (tertiary/aromatic N) is 2. The van der Waals surface area contributed by atoms with Crippen molar-refractivity contribution in [2.24, 2.45) is 0 Å². The summed E-state index contributed by atoms with van der Waals surface area (Å²) < 4.78 is 191. The summed E-state index contributed by atoms with van der Waals surface area (Å²) in [6.45, 7) is -1.08. The number of rotatable bonds is 12. The maximum atomic E-state index is 13.9. The van der Waals surface area contributed by atoms with Crippen molar-refractivity contribution in [2.45, 2.75) is 42.7 Å². The molecule has 2 heterocycles. The Hall–Kier alpha value is -6.27. The monoisotopic (exact) mass is 1050 g/mol. The van der Waals surface area contributed by atoms with Crippen molar-refractivity contribution < 1.29 is 60.4 Å². The van der Waals surface area contributed by atoms with Crippen molar-refractivity contribution in [2.75, 3.05) is 25.3 Å². The maximum absolute atomic E-state index is 13.9. The highest BCUT2D eigenvalue weighted by atomic mass is 32.2. The second kappa shape index (κ2) is 20.0. The van der Waals surface area contributed by atoms with Crippen LogP contribution in [0.15, 0.2) is 155 Å². The second-order valence-electron chi connectivity index (χ2n) is 14.7. The highest BCUT2D eigenvalue weighted by Crippen LogP contribution is 2.47. The van der Waals surface area contributed by atoms with E-state index in [-0.39, 0.29) is 49.7 Å². The zero-order valence-electron chi connectivity index (χ0n) is 34.8. The molecule has 0 saturated carbocycles. The lowest BCUT2D eigenvalue weighted by Gasteiger charge is -2.25. The van der Waals surface area contributed by atoms with Crippen LogP contribution in [0.25, 0.3) is 20.2 Å². The summed E-state index contributed by atoms with van der Waals surface area (Å²) in [7, 11) is -12.5. The van der Waals surface area contributed by atoms with E-state index in [9.17, 15) is 60.4 Å². The van der Waals surface area contributed by atoms with E-state index in [1.54, 1.807) is 72.8 Å². The lowest BCUT2D eigenvalue weighted by Crippen LogP contribution is -2.31. The highest BCUT2D eigenvalue weighted by Gasteiger charge is 2.37. The van der Waals surface area contributed by atoms with E-state index in [0.717, 1.165) is 54.4 Å². The predicted molar refractivity (Wildman–Crippen MR) is 256 cm³/mol. The molecule has 0 bridgehead atoms. The fourth-order valence-corrected chi connectivity index (χ4v) is 13.1. The molecule has 23 heteroatoms. The molecule has 6 aromatic carbocycles. The number of hydrogen-bond acceptors (Lipinski definition) is 9. The number of alkyl halides is 6. The van der Waals surface area contributed by atoms with Gasteiger partial charge in [0.2, 0.25) is 10.0 Å². The molecule has 0 fully saturated rings. The standard InChI is InChI=1S/C23H18F4N2O4S3.C22H16F4N2O2S2.CH4/c1-35(30,31)28-21-17-9-5-6-10-20(17)34-22(21)29(36(32,33)16-7-3-2-4-8-16)14-15-11-12-19(24)18(13-15)23(25,26)27;23-18-11-10-14(12-17(18)22(24,25)26)13-28(32(29,30)15-6-2-1-3-7-15)21-20(27)16-8-4-5-9-19(16)31-21;/h2-13,28H,14H2,1H3;1-12H,13,27H2;1H4. The van der Waals surface area contributed by atoms with Crippen LogP contribution in [-0.2, 0) is 55.5 Å². The topological polar surface area (TPSA) is 147 Å². The van der Waals surface area contributed by atoms with E-state index >= 15 is 0 Å². The van der Waals surface area contributed by atoms with E-state index in [1.807, 2.05) is 0 Å². The fraction of sp³-hybridized carbons (Fsp3) is 0.130. The predicted octanol–water partition coefficient (Wildman–Crippen LogP) is 12.5. The molecular weight excluding hydrogens is 1020 g/mol. The van der Waals surface area contributed by atoms with E-state index < -0.39 is 78.3 Å². The molecule has 364 valence electrons. The van der Waals surface area contributed by atoms with Crippen LogP contribution in [0.1, 0.15) is 29.7 Å². The fourth-order valence-electron chi connectivity index (χ4n) is 6.81. The van der Waals surface area contributed by atoms with Gasteiger partial charge >= 0.3 is 12.4 Å². The van der Waals surface area contributed by atoms with Crippen LogP contribution < -0.4 is 19.1 Å². The largest absolute Gasteiger partial charge is 0.419 e. The van der Waals surface area contributed by atoms with Gasteiger partial charge < -0.3 is 5.73 Å². The molecule has 10 nitrogen and oxygen atoms in total. The first kappa shape index (κ1) is 52.1. The number of hydrogen-bond donors (Lipinski definition) is 2. The Bertz CT molecular complexity index is 3480. The molecule has 0 saturated heterocycles. The van der Waals surface area contributed by atoms with Crippen molar-refractivity contribution in [3.8, 4) is 0 Å². The molecule has 0 aliphatic carbocycles. The van der Waals surface area contributed by atoms with Crippen LogP contribution >= 0.6 is 22.7 Å². The number of nitrogen functional groups attached to an aromatic ring is 1. The molecule has 0 aliphatic heterocycles. The van der Waals surface area contributed by atoms with Gasteiger partial charge in [0.1, 0.15) is 21.6 Å². The molecule has 69 heavy (non-hydrogen) atoms. The normalized spacial score (nSPS) is 12.2. The quantitative estimate of drug-likeness (QED) is 0.116. The molecule has 0 atom stereocenters. The van der Waals surface area contributed by atoms with Gasteiger partial charge in [-0.25, -0.2) is 34.0 Å². The lowest BCUT2D eigenvalue weighted by molar-refractivity contribution is -0.140. The summed E-state index contributed by atoms with van der Waals surface area (Å²) in [6, 6.07) is 32.9. The summed E-state index contributed by atoms with van der Waals surface area (Å²) in [4.78, 5) is -0.207. The van der Waals surface area contributed by atoms with Gasteiger partial charge in [-0.2, -0.15) is 26.3 Å². The highest BCUT2D eigenvalue weighted by molar-refractivity contribution is 7.93. The smallest absolute Gasteiger partial charge is 0.396 e. The van der Waals surface area contributed by atoms with Gasteiger partial charge in [0.25, 0.3) is 20.0 Å². The molecule has 0 radical (unpaired) electrons. The van der Waals surface area contributed by atoms with E-state index in [4.69, 9.17) is 5.73 Å². The second-order valence-corrected chi connectivity index (χ2v) is 22.3. The minimum Gasteiger partial charge on any atom is -0.396 e. The summed E-state index contributed by atoms with van der Waals surface area (Å²) in [5.41, 5.74) is 3.24. The van der Waals surface area contributed by atoms with Crippen LogP contribution in [0.2, 0.25) is 0 Å². The number of nitrogens with one attached hydrogen (secondary N) is 1. The van der Waals surface area contributed by atoms with E-state index in [1.165, 1.54) is 36.4 Å². The first-order chi connectivity index (χ1) is 31.9. The zero-order chi connectivity index (χ0) is 49.4. The van der Waals surface area contributed by atoms with Gasteiger partial charge in [-0.1, -0.05) is 92.4 Å². The van der Waals surface area contributed by atoms with Gasteiger partial charge in [0.15, 0.2) is 0 Å². The van der Waals surface area contributed by atoms with Gasteiger partial charge in [0, 0.05) is 20.2 Å². The van der Waals surface area contributed by atoms with Gasteiger partial charge in [-0.05, 0) is 71.8 Å². The van der Waals surface area contributed by atoms with E-state index in [0.29, 0.717) is 39.7 Å². The SMILES string of the molecule is C.CS(=O)(=O)Nc1c(N(Cc2ccc(F)c(C(F)(F)F)c2)S(=O)(=O)c2ccccc2)sc2ccccc12.Nc1c(N(Cc2ccc(F)c(C(F)(F)F)c2)S(=O)(=O)c2ccccc2)sc2ccccc12. The molecule has 2 aromatic heterocycles. The van der Waals surface area contributed by atoms with Gasteiger partial charge in [0.05, 0.1) is 51.6 Å². The maximum Gasteiger partial charge on any atom is 0.419 e. The summed E-state index contributed by atoms with van der Waals surface area (Å²) >= 11 is 2.06. The third kappa shape index (κ3) is 11.4. The number of thiophene rings is 2. The minimum absolute atomic E-state index is 0. The Morgan fingerprint density at radius 2 is 0.913 bits per heavy atom. The average Bonchev–Trinajstić information content (AvgIpc) is 3.81. The first-order valence-electron chi connectivity index (χ1n) is 19.5. The molecule has 0 unspecified atom stereocenters. The average molecular weight is 1060 g/mol. The van der Waals surface area contributed by atoms with Gasteiger partial charge in [-0.3, -0.25) is 13.3 Å². The third-order valence-corrected chi connectivity index (χ3v) is 16.6.